The monoisotopic (exact) mass is 638 g/mol. The maximum Gasteiger partial charge on any atom is 0.231 e. The number of para-hydroxylation sites is 2. The van der Waals surface area contributed by atoms with Gasteiger partial charge in [0.1, 0.15) is 0 Å². The van der Waals surface area contributed by atoms with Gasteiger partial charge >= 0.3 is 0 Å². The molecule has 3 atom stereocenters. The molecule has 0 radical (unpaired) electrons. The molecule has 3 unspecified atom stereocenters. The lowest BCUT2D eigenvalue weighted by Crippen LogP contribution is -2.31. The summed E-state index contributed by atoms with van der Waals surface area (Å²) < 4.78 is 26.7. The highest BCUT2D eigenvalue weighted by Gasteiger charge is 2.43. The lowest BCUT2D eigenvalue weighted by Gasteiger charge is -2.37. The zero-order valence-corrected chi connectivity index (χ0v) is 26.8. The van der Waals surface area contributed by atoms with Crippen LogP contribution in [0.3, 0.4) is 0 Å². The summed E-state index contributed by atoms with van der Waals surface area (Å²) in [5.41, 5.74) is 7.03. The van der Waals surface area contributed by atoms with Crippen molar-refractivity contribution in [2.45, 2.75) is 31.1 Å². The van der Waals surface area contributed by atoms with E-state index in [1.54, 1.807) is 18.2 Å². The van der Waals surface area contributed by atoms with Crippen LogP contribution in [0.5, 0.6) is 23.0 Å². The zero-order valence-electron chi connectivity index (χ0n) is 26.8. The number of ketones is 2. The van der Waals surface area contributed by atoms with Crippen molar-refractivity contribution >= 4 is 33.4 Å². The molecule has 3 aliphatic rings. The molecule has 0 fully saturated rings. The van der Waals surface area contributed by atoms with Gasteiger partial charge in [0, 0.05) is 77.2 Å². The van der Waals surface area contributed by atoms with Crippen LogP contribution < -0.4 is 18.9 Å². The van der Waals surface area contributed by atoms with Crippen LogP contribution in [0.25, 0.3) is 21.8 Å². The number of nitrogens with zero attached hydrogens (tertiary/aromatic N) is 2. The highest BCUT2D eigenvalue weighted by atomic mass is 16.7. The molecule has 1 aliphatic carbocycles. The number of fused-ring (bicyclic) bond motifs is 6. The van der Waals surface area contributed by atoms with E-state index in [4.69, 9.17) is 18.9 Å². The summed E-state index contributed by atoms with van der Waals surface area (Å²) in [4.78, 5) is 28.6. The smallest absolute Gasteiger partial charge is 0.231 e. The maximum absolute atomic E-state index is 14.8. The summed E-state index contributed by atoms with van der Waals surface area (Å²) >= 11 is 0. The Hall–Kier alpha value is -5.50. The Balaban J connectivity index is 1.19. The first-order valence-electron chi connectivity index (χ1n) is 16.4. The van der Waals surface area contributed by atoms with Crippen LogP contribution >= 0.6 is 0 Å². The average molecular weight is 639 g/mol. The van der Waals surface area contributed by atoms with E-state index in [9.17, 15) is 9.59 Å². The molecule has 8 heteroatoms. The fourth-order valence-electron chi connectivity index (χ4n) is 8.31. The molecular formula is C40H34N2O6. The Labute approximate surface area is 277 Å². The molecule has 2 aromatic heterocycles. The first-order valence-corrected chi connectivity index (χ1v) is 16.4. The predicted octanol–water partition coefficient (Wildman–Crippen LogP) is 7.91. The van der Waals surface area contributed by atoms with E-state index in [1.165, 1.54) is 16.6 Å². The van der Waals surface area contributed by atoms with Crippen molar-refractivity contribution in [3.05, 3.63) is 119 Å². The van der Waals surface area contributed by atoms with Crippen molar-refractivity contribution in [1.29, 1.82) is 0 Å². The summed E-state index contributed by atoms with van der Waals surface area (Å²) in [6.45, 7) is 0.296. The van der Waals surface area contributed by atoms with E-state index in [0.29, 0.717) is 47.0 Å². The molecule has 0 spiro atoms. The van der Waals surface area contributed by atoms with Crippen LogP contribution in [0.2, 0.25) is 0 Å². The van der Waals surface area contributed by atoms with Crippen molar-refractivity contribution in [2.24, 2.45) is 20.0 Å². The van der Waals surface area contributed by atoms with Crippen molar-refractivity contribution in [3.8, 4) is 23.0 Å². The molecule has 0 N–H and O–H groups in total. The first-order chi connectivity index (χ1) is 23.5. The van der Waals surface area contributed by atoms with Gasteiger partial charge in [0.25, 0.3) is 0 Å². The molecule has 0 saturated carbocycles. The number of hydrogen-bond donors (Lipinski definition) is 0. The number of ether oxygens (including phenoxy) is 4. The Bertz CT molecular complexity index is 2280. The third-order valence-corrected chi connectivity index (χ3v) is 10.5. The molecule has 240 valence electrons. The van der Waals surface area contributed by atoms with E-state index in [-0.39, 0.29) is 49.3 Å². The van der Waals surface area contributed by atoms with Gasteiger partial charge in [-0.1, -0.05) is 36.4 Å². The molecule has 4 heterocycles. The van der Waals surface area contributed by atoms with Gasteiger partial charge in [0.05, 0.1) is 0 Å². The van der Waals surface area contributed by atoms with Crippen LogP contribution in [0.1, 0.15) is 68.6 Å². The summed E-state index contributed by atoms with van der Waals surface area (Å²) in [5.74, 6) is 1.93. The molecule has 9 rings (SSSR count). The SMILES string of the molecule is Cn1cc(C2CC(C(=O)c3ccc4c(c3)OCO4)C(CCC(=O)c3ccc4c(c3)OCO4)c3c2n(C)c2ccccc32)c2ccccc21. The largest absolute Gasteiger partial charge is 0.454 e. The third kappa shape index (κ3) is 4.43. The Morgan fingerprint density at radius 2 is 1.35 bits per heavy atom. The van der Waals surface area contributed by atoms with E-state index in [1.807, 2.05) is 18.2 Å². The van der Waals surface area contributed by atoms with E-state index in [0.717, 1.165) is 22.0 Å². The van der Waals surface area contributed by atoms with Gasteiger partial charge < -0.3 is 28.1 Å². The topological polar surface area (TPSA) is 80.9 Å². The number of carbonyl (C=O) groups is 2. The summed E-state index contributed by atoms with van der Waals surface area (Å²) in [6.07, 6.45) is 3.65. The highest BCUT2D eigenvalue weighted by Crippen LogP contribution is 2.53. The van der Waals surface area contributed by atoms with Crippen LogP contribution in [-0.4, -0.2) is 34.3 Å². The molecule has 6 aromatic rings. The molecule has 0 saturated heterocycles. The van der Waals surface area contributed by atoms with Crippen LogP contribution in [0.4, 0.5) is 0 Å². The second-order valence-corrected chi connectivity index (χ2v) is 13.1. The number of hydrogen-bond acceptors (Lipinski definition) is 6. The molecule has 0 amide bonds. The van der Waals surface area contributed by atoms with Gasteiger partial charge in [-0.15, -0.1) is 0 Å². The molecule has 2 aliphatic heterocycles. The van der Waals surface area contributed by atoms with E-state index < -0.39 is 0 Å². The normalized spacial score (nSPS) is 19.2. The second kappa shape index (κ2) is 11.0. The van der Waals surface area contributed by atoms with Gasteiger partial charge in [-0.2, -0.15) is 0 Å². The number of aromatic nitrogens is 2. The standard InChI is InChI=1S/C40H34N2O6/c1-41-20-30(25-7-3-5-9-31(25)41)28-19-29(40(44)24-12-16-35-37(18-24)48-22-46-35)26(38-27-8-4-6-10-32(27)42(2)39(28)38)13-14-33(43)23-11-15-34-36(17-23)47-21-45-34/h3-12,15-18,20,26,28-29H,13-14,19,21-22H2,1-2H3. The first kappa shape index (κ1) is 28.7. The molecular weight excluding hydrogens is 604 g/mol. The second-order valence-electron chi connectivity index (χ2n) is 13.1. The summed E-state index contributed by atoms with van der Waals surface area (Å²) in [5, 5.41) is 2.32. The van der Waals surface area contributed by atoms with Crippen molar-refractivity contribution in [1.82, 2.24) is 9.13 Å². The van der Waals surface area contributed by atoms with Crippen molar-refractivity contribution in [3.63, 3.8) is 0 Å². The quantitative estimate of drug-likeness (QED) is 0.165. The highest BCUT2D eigenvalue weighted by molar-refractivity contribution is 6.01. The number of aryl methyl sites for hydroxylation is 2. The zero-order chi connectivity index (χ0) is 32.5. The molecule has 8 nitrogen and oxygen atoms in total. The lowest BCUT2D eigenvalue weighted by molar-refractivity contribution is 0.0862. The number of Topliss-reactive ketones (excluding diaryl/α,β-unsaturated/α-hetero) is 2. The van der Waals surface area contributed by atoms with Crippen LogP contribution in [0, 0.1) is 5.92 Å². The number of carbonyl (C=O) groups excluding carboxylic acids is 2. The van der Waals surface area contributed by atoms with Gasteiger partial charge in [-0.25, -0.2) is 0 Å². The number of benzene rings is 4. The van der Waals surface area contributed by atoms with E-state index >= 15 is 0 Å². The van der Waals surface area contributed by atoms with Gasteiger partial charge in [0.15, 0.2) is 34.6 Å². The fourth-order valence-corrected chi connectivity index (χ4v) is 8.31. The Kier molecular flexibility index (Phi) is 6.61. The van der Waals surface area contributed by atoms with E-state index in [2.05, 4.69) is 78.0 Å². The lowest BCUT2D eigenvalue weighted by atomic mass is 9.66. The molecule has 0 bridgehead atoms. The average Bonchev–Trinajstić information content (AvgIpc) is 3.92. The maximum atomic E-state index is 14.8. The predicted molar refractivity (Wildman–Crippen MR) is 182 cm³/mol. The van der Waals surface area contributed by atoms with Crippen molar-refractivity contribution < 1.29 is 28.5 Å². The van der Waals surface area contributed by atoms with Crippen LogP contribution in [0.15, 0.2) is 91.1 Å². The van der Waals surface area contributed by atoms with Crippen LogP contribution in [-0.2, 0) is 14.1 Å². The molecule has 4 aromatic carbocycles. The third-order valence-electron chi connectivity index (χ3n) is 10.5. The van der Waals surface area contributed by atoms with Crippen molar-refractivity contribution in [2.75, 3.05) is 13.6 Å². The van der Waals surface area contributed by atoms with Gasteiger partial charge in [-0.3, -0.25) is 9.59 Å². The van der Waals surface area contributed by atoms with Gasteiger partial charge in [-0.05, 0) is 78.4 Å². The minimum atomic E-state index is -0.378. The number of rotatable bonds is 7. The summed E-state index contributed by atoms with van der Waals surface area (Å²) in [7, 11) is 4.21. The Morgan fingerprint density at radius 1 is 0.729 bits per heavy atom. The summed E-state index contributed by atoms with van der Waals surface area (Å²) in [6, 6.07) is 27.7. The minimum Gasteiger partial charge on any atom is -0.454 e. The molecule has 48 heavy (non-hydrogen) atoms. The van der Waals surface area contributed by atoms with Gasteiger partial charge in [0.2, 0.25) is 13.6 Å². The fraction of sp³-hybridized carbons (Fsp3) is 0.250. The minimum absolute atomic E-state index is 0.0144. The Morgan fingerprint density at radius 3 is 2.10 bits per heavy atom.